The summed E-state index contributed by atoms with van der Waals surface area (Å²) >= 11 is 0. The van der Waals surface area contributed by atoms with Crippen molar-refractivity contribution >= 4 is 38.9 Å². The van der Waals surface area contributed by atoms with E-state index in [0.717, 1.165) is 25.7 Å². The van der Waals surface area contributed by atoms with Crippen LogP contribution in [0.4, 0.5) is 0 Å². The second-order valence-electron chi connectivity index (χ2n) is 9.56. The monoisotopic (exact) mass is 572 g/mol. The van der Waals surface area contributed by atoms with Gasteiger partial charge in [0.1, 0.15) is 12.2 Å². The number of Topliss-reactive ketones (excluding diaryl/α,β-unsaturated/α-hetero) is 1. The van der Waals surface area contributed by atoms with E-state index in [1.807, 2.05) is 6.92 Å². The molecule has 0 bridgehead atoms. The van der Waals surface area contributed by atoms with Crippen LogP contribution in [0.5, 0.6) is 0 Å². The second-order valence-corrected chi connectivity index (χ2v) is 9.56. The van der Waals surface area contributed by atoms with Gasteiger partial charge in [0, 0.05) is 11.8 Å². The summed E-state index contributed by atoms with van der Waals surface area (Å²) in [6.45, 7) is 3.46. The molecule has 150 valence electrons. The predicted molar refractivity (Wildman–Crippen MR) is 104 cm³/mol. The average molecular weight is 572 g/mol. The Bertz CT molecular complexity index is 690. The van der Waals surface area contributed by atoms with Gasteiger partial charge in [-0.1, -0.05) is 19.4 Å². The maximum absolute atomic E-state index is 12.4. The molecule has 0 aromatic rings. The van der Waals surface area contributed by atoms with Crippen LogP contribution in [0.2, 0.25) is 0 Å². The molecule has 27 heavy (non-hydrogen) atoms. The van der Waals surface area contributed by atoms with Crippen LogP contribution in [0.3, 0.4) is 0 Å². The second kappa shape index (κ2) is 6.99. The number of rotatable bonds is 2. The molecule has 0 heterocycles. The topological polar surface area (TPSA) is 94.8 Å². The number of carbonyl (C=O) groups is 2. The van der Waals surface area contributed by atoms with Crippen LogP contribution in [0.15, 0.2) is 11.6 Å². The molecule has 0 spiro atoms. The number of allylic oxidation sites excluding steroid dienone is 1. The number of ketones is 2. The SMILES string of the molecule is C[C@]12CCC(=O)C=C1CC[C@@H]1[C@@H]2[C@@H](O)C[C@@]2(C)[C@H]1CC[C@]2(O)C(=O)CO.[PbH2]. The van der Waals surface area contributed by atoms with Crippen molar-refractivity contribution in [2.75, 3.05) is 6.61 Å². The van der Waals surface area contributed by atoms with E-state index in [1.54, 1.807) is 6.08 Å². The average Bonchev–Trinajstić information content (AvgIpc) is 2.86. The Balaban J connectivity index is 0.00000210. The van der Waals surface area contributed by atoms with E-state index in [-0.39, 0.29) is 56.3 Å². The molecule has 0 amide bonds. The summed E-state index contributed by atoms with van der Waals surface area (Å²) in [6.07, 6.45) is 5.74. The van der Waals surface area contributed by atoms with Gasteiger partial charge in [0.2, 0.25) is 0 Å². The van der Waals surface area contributed by atoms with E-state index in [9.17, 15) is 24.9 Å². The Morgan fingerprint density at radius 2 is 1.93 bits per heavy atom. The number of aliphatic hydroxyl groups excluding tert-OH is 2. The summed E-state index contributed by atoms with van der Waals surface area (Å²) in [5.41, 5.74) is -1.23. The maximum atomic E-state index is 12.4. The summed E-state index contributed by atoms with van der Waals surface area (Å²) in [5, 5.41) is 31.7. The van der Waals surface area contributed by atoms with Gasteiger partial charge in [0.05, 0.1) is 6.10 Å². The zero-order chi connectivity index (χ0) is 18.9. The Hall–Kier alpha value is -0.118. The Kier molecular flexibility index (Phi) is 5.59. The molecular formula is C21H32O5Pb. The summed E-state index contributed by atoms with van der Waals surface area (Å²) in [6, 6.07) is 0. The van der Waals surface area contributed by atoms with E-state index in [4.69, 9.17) is 0 Å². The van der Waals surface area contributed by atoms with Crippen LogP contribution >= 0.6 is 0 Å². The summed E-state index contributed by atoms with van der Waals surface area (Å²) in [4.78, 5) is 24.3. The molecule has 3 saturated carbocycles. The summed E-state index contributed by atoms with van der Waals surface area (Å²) < 4.78 is 0. The molecule has 7 atom stereocenters. The van der Waals surface area contributed by atoms with Crippen LogP contribution in [0, 0.1) is 28.6 Å². The van der Waals surface area contributed by atoms with E-state index in [0.29, 0.717) is 19.3 Å². The zero-order valence-electron chi connectivity index (χ0n) is 16.4. The molecule has 0 saturated heterocycles. The number of fused-ring (bicyclic) bond motifs is 5. The van der Waals surface area contributed by atoms with Gasteiger partial charge in [-0.15, -0.1) is 0 Å². The van der Waals surface area contributed by atoms with Crippen molar-refractivity contribution in [2.45, 2.75) is 70.5 Å². The van der Waals surface area contributed by atoms with Crippen molar-refractivity contribution in [3.8, 4) is 0 Å². The minimum absolute atomic E-state index is 0. The molecule has 0 aromatic heterocycles. The fraction of sp³-hybridized carbons (Fsp3) is 0.810. The number of hydrogen-bond acceptors (Lipinski definition) is 5. The molecular weight excluding hydrogens is 539 g/mol. The Morgan fingerprint density at radius 1 is 1.22 bits per heavy atom. The number of carbonyl (C=O) groups excluding carboxylic acids is 2. The quantitative estimate of drug-likeness (QED) is 0.428. The standard InChI is InChI=1S/C21H30O5.Pb.2H/c1-19-7-5-13(23)9-12(19)3-4-14-15-6-8-21(26,17(25)11-22)20(15,2)10-16(24)18(14)19;;;/h9,14-16,18,22,24,26H,3-8,10-11H2,1-2H3;;;/t14-,15-,16-,18+,19-,20-,21-;;;/m0.../s1. The summed E-state index contributed by atoms with van der Waals surface area (Å²) in [7, 11) is 0. The molecule has 5 nitrogen and oxygen atoms in total. The first kappa shape index (κ1) is 21.6. The first-order valence-electron chi connectivity index (χ1n) is 9.96. The molecule has 0 aromatic carbocycles. The van der Waals surface area contributed by atoms with Crippen molar-refractivity contribution in [2.24, 2.45) is 28.6 Å². The normalized spacial score (nSPS) is 48.6. The molecule has 0 aliphatic heterocycles. The van der Waals surface area contributed by atoms with Crippen molar-refractivity contribution in [3.63, 3.8) is 0 Å². The van der Waals surface area contributed by atoms with Crippen LogP contribution in [0.25, 0.3) is 0 Å². The van der Waals surface area contributed by atoms with E-state index >= 15 is 0 Å². The van der Waals surface area contributed by atoms with Crippen molar-refractivity contribution in [3.05, 3.63) is 11.6 Å². The molecule has 3 fully saturated rings. The molecule has 6 heteroatoms. The predicted octanol–water partition coefficient (Wildman–Crippen LogP) is 0.865. The van der Waals surface area contributed by atoms with Crippen LogP contribution in [0.1, 0.15) is 58.8 Å². The van der Waals surface area contributed by atoms with Gasteiger partial charge in [-0.3, -0.25) is 9.59 Å². The minimum atomic E-state index is -1.54. The first-order valence-corrected chi connectivity index (χ1v) is 9.96. The van der Waals surface area contributed by atoms with Crippen LogP contribution < -0.4 is 0 Å². The van der Waals surface area contributed by atoms with Gasteiger partial charge in [-0.2, -0.15) is 0 Å². The van der Waals surface area contributed by atoms with E-state index in [1.165, 1.54) is 5.57 Å². The fourth-order valence-corrected chi connectivity index (χ4v) is 7.28. The Labute approximate surface area is 180 Å². The fourth-order valence-electron chi connectivity index (χ4n) is 7.28. The van der Waals surface area contributed by atoms with Crippen LogP contribution in [-0.4, -0.2) is 72.5 Å². The first-order chi connectivity index (χ1) is 12.2. The number of aliphatic hydroxyl groups is 3. The summed E-state index contributed by atoms with van der Waals surface area (Å²) in [5.74, 6) is 0.140. The third-order valence-electron chi connectivity index (χ3n) is 8.65. The van der Waals surface area contributed by atoms with Gasteiger partial charge < -0.3 is 15.3 Å². The molecule has 0 unspecified atom stereocenters. The molecule has 4 aliphatic carbocycles. The molecule has 4 aliphatic rings. The number of hydrogen-bond donors (Lipinski definition) is 3. The Morgan fingerprint density at radius 3 is 2.59 bits per heavy atom. The van der Waals surface area contributed by atoms with Gasteiger partial charge in [-0.25, -0.2) is 0 Å². The van der Waals surface area contributed by atoms with E-state index < -0.39 is 29.5 Å². The van der Waals surface area contributed by atoms with Crippen molar-refractivity contribution < 1.29 is 24.9 Å². The van der Waals surface area contributed by atoms with Gasteiger partial charge >= 0.3 is 27.3 Å². The van der Waals surface area contributed by atoms with Gasteiger partial charge in [0.15, 0.2) is 11.6 Å². The van der Waals surface area contributed by atoms with Gasteiger partial charge in [-0.05, 0) is 67.8 Å². The molecule has 2 radical (unpaired) electrons. The molecule has 3 N–H and O–H groups in total. The van der Waals surface area contributed by atoms with Crippen molar-refractivity contribution in [1.82, 2.24) is 0 Å². The third-order valence-corrected chi connectivity index (χ3v) is 8.65. The van der Waals surface area contributed by atoms with Crippen LogP contribution in [-0.2, 0) is 9.59 Å². The molecule has 4 rings (SSSR count). The van der Waals surface area contributed by atoms with Crippen molar-refractivity contribution in [1.29, 1.82) is 0 Å². The van der Waals surface area contributed by atoms with E-state index in [2.05, 4.69) is 6.92 Å². The zero-order valence-corrected chi connectivity index (χ0v) is 21.9. The third kappa shape index (κ3) is 2.78. The van der Waals surface area contributed by atoms with Gasteiger partial charge in [0.25, 0.3) is 0 Å².